The van der Waals surface area contributed by atoms with E-state index in [2.05, 4.69) is 5.16 Å². The van der Waals surface area contributed by atoms with E-state index in [1.165, 1.54) is 0 Å². The molecule has 0 radical (unpaired) electrons. The van der Waals surface area contributed by atoms with E-state index in [0.717, 1.165) is 11.1 Å². The van der Waals surface area contributed by atoms with Crippen LogP contribution in [0, 0.1) is 0 Å². The van der Waals surface area contributed by atoms with Crippen molar-refractivity contribution < 1.29 is 14.1 Å². The van der Waals surface area contributed by atoms with E-state index in [1.54, 1.807) is 24.6 Å². The van der Waals surface area contributed by atoms with E-state index in [0.29, 0.717) is 5.56 Å². The third-order valence-electron chi connectivity index (χ3n) is 2.46. The number of ether oxygens (including phenoxy) is 1. The number of esters is 1. The lowest BCUT2D eigenvalue weighted by Gasteiger charge is -2.19. The van der Waals surface area contributed by atoms with Crippen molar-refractivity contribution in [1.29, 1.82) is 0 Å². The predicted molar refractivity (Wildman–Crippen MR) is 77.0 cm³/mol. The minimum atomic E-state index is -0.482. The molecule has 0 saturated heterocycles. The van der Waals surface area contributed by atoms with Crippen molar-refractivity contribution in [1.82, 2.24) is 5.16 Å². The smallest absolute Gasteiger partial charge is 0.338 e. The van der Waals surface area contributed by atoms with Gasteiger partial charge in [0.1, 0.15) is 11.9 Å². The van der Waals surface area contributed by atoms with Crippen LogP contribution in [0.25, 0.3) is 12.2 Å². The lowest BCUT2D eigenvalue weighted by molar-refractivity contribution is 0.00695. The molecule has 0 aliphatic heterocycles. The van der Waals surface area contributed by atoms with Crippen LogP contribution in [0.15, 0.2) is 41.2 Å². The van der Waals surface area contributed by atoms with Gasteiger partial charge in [-0.25, -0.2) is 4.79 Å². The van der Waals surface area contributed by atoms with E-state index in [9.17, 15) is 4.79 Å². The van der Waals surface area contributed by atoms with Crippen molar-refractivity contribution in [2.24, 2.45) is 0 Å². The molecule has 0 spiro atoms. The molecule has 2 aromatic rings. The van der Waals surface area contributed by atoms with E-state index in [-0.39, 0.29) is 5.97 Å². The zero-order valence-electron chi connectivity index (χ0n) is 11.8. The van der Waals surface area contributed by atoms with Gasteiger partial charge in [-0.2, -0.15) is 0 Å². The molecule has 0 unspecified atom stereocenters. The molecule has 0 bridgehead atoms. The second kappa shape index (κ2) is 5.74. The second-order valence-corrected chi connectivity index (χ2v) is 5.42. The van der Waals surface area contributed by atoms with Gasteiger partial charge >= 0.3 is 5.97 Å². The Balaban J connectivity index is 2.05. The summed E-state index contributed by atoms with van der Waals surface area (Å²) >= 11 is 0. The van der Waals surface area contributed by atoms with Crippen LogP contribution in [-0.2, 0) is 4.74 Å². The Hall–Kier alpha value is -2.36. The molecule has 0 saturated carbocycles. The maximum atomic E-state index is 11.9. The molecule has 4 nitrogen and oxygen atoms in total. The Morgan fingerprint density at radius 2 is 1.80 bits per heavy atom. The summed E-state index contributed by atoms with van der Waals surface area (Å²) in [6.45, 7) is 5.54. The van der Waals surface area contributed by atoms with Crippen LogP contribution in [0.2, 0.25) is 0 Å². The van der Waals surface area contributed by atoms with Gasteiger partial charge in [0, 0.05) is 5.56 Å². The molecule has 2 rings (SSSR count). The van der Waals surface area contributed by atoms with E-state index >= 15 is 0 Å². The predicted octanol–water partition coefficient (Wildman–Crippen LogP) is 3.80. The van der Waals surface area contributed by atoms with Crippen molar-refractivity contribution in [2.45, 2.75) is 26.4 Å². The monoisotopic (exact) mass is 271 g/mol. The molecular formula is C16H17NO3. The van der Waals surface area contributed by atoms with Crippen molar-refractivity contribution in [3.8, 4) is 0 Å². The first kappa shape index (κ1) is 14.1. The molecule has 0 aliphatic carbocycles. The number of carbonyl (C=O) groups excluding carboxylic acids is 1. The molecule has 0 N–H and O–H groups in total. The molecule has 0 fully saturated rings. The minimum Gasteiger partial charge on any atom is -0.456 e. The summed E-state index contributed by atoms with van der Waals surface area (Å²) in [6, 6.07) is 7.23. The van der Waals surface area contributed by atoms with Crippen LogP contribution in [0.3, 0.4) is 0 Å². The van der Waals surface area contributed by atoms with E-state index < -0.39 is 5.60 Å². The average Bonchev–Trinajstić information content (AvgIpc) is 2.88. The lowest BCUT2D eigenvalue weighted by atomic mass is 10.1. The van der Waals surface area contributed by atoms with E-state index in [4.69, 9.17) is 9.26 Å². The number of rotatable bonds is 3. The van der Waals surface area contributed by atoms with Gasteiger partial charge in [-0.15, -0.1) is 0 Å². The summed E-state index contributed by atoms with van der Waals surface area (Å²) in [4.78, 5) is 11.9. The largest absolute Gasteiger partial charge is 0.456 e. The van der Waals surface area contributed by atoms with Gasteiger partial charge in [0.05, 0.1) is 11.8 Å². The number of benzene rings is 1. The second-order valence-electron chi connectivity index (χ2n) is 5.42. The Kier molecular flexibility index (Phi) is 4.03. The summed E-state index contributed by atoms with van der Waals surface area (Å²) in [7, 11) is 0. The highest BCUT2D eigenvalue weighted by Crippen LogP contribution is 2.14. The Morgan fingerprint density at radius 1 is 1.15 bits per heavy atom. The third kappa shape index (κ3) is 4.09. The summed E-state index contributed by atoms with van der Waals surface area (Å²) in [5, 5.41) is 3.62. The van der Waals surface area contributed by atoms with Gasteiger partial charge in [0.25, 0.3) is 0 Å². The molecule has 1 aromatic heterocycles. The summed E-state index contributed by atoms with van der Waals surface area (Å²) < 4.78 is 10.0. The van der Waals surface area contributed by atoms with Gasteiger partial charge in [0.15, 0.2) is 0 Å². The Labute approximate surface area is 118 Å². The van der Waals surface area contributed by atoms with Crippen molar-refractivity contribution >= 4 is 18.1 Å². The number of aromatic nitrogens is 1. The van der Waals surface area contributed by atoms with Crippen LogP contribution >= 0.6 is 0 Å². The van der Waals surface area contributed by atoms with E-state index in [1.807, 2.05) is 45.1 Å². The van der Waals surface area contributed by atoms with Crippen LogP contribution < -0.4 is 0 Å². The van der Waals surface area contributed by atoms with Crippen LogP contribution in [0.5, 0.6) is 0 Å². The van der Waals surface area contributed by atoms with Gasteiger partial charge in [-0.05, 0) is 44.5 Å². The van der Waals surface area contributed by atoms with Gasteiger partial charge in [-0.1, -0.05) is 23.4 Å². The Bertz CT molecular complexity index is 590. The molecule has 1 aromatic carbocycles. The number of nitrogens with zero attached hydrogens (tertiary/aromatic N) is 1. The van der Waals surface area contributed by atoms with Crippen LogP contribution in [-0.4, -0.2) is 16.7 Å². The maximum Gasteiger partial charge on any atom is 0.338 e. The first-order valence-corrected chi connectivity index (χ1v) is 6.35. The van der Waals surface area contributed by atoms with Crippen molar-refractivity contribution in [3.63, 3.8) is 0 Å². The van der Waals surface area contributed by atoms with Gasteiger partial charge in [-0.3, -0.25) is 0 Å². The van der Waals surface area contributed by atoms with Crippen molar-refractivity contribution in [3.05, 3.63) is 53.4 Å². The quantitative estimate of drug-likeness (QED) is 0.797. The van der Waals surface area contributed by atoms with Gasteiger partial charge in [0.2, 0.25) is 0 Å². The average molecular weight is 271 g/mol. The summed E-state index contributed by atoms with van der Waals surface area (Å²) in [5.41, 5.74) is 1.94. The fourth-order valence-corrected chi connectivity index (χ4v) is 1.56. The number of hydrogen-bond donors (Lipinski definition) is 0. The molecule has 1 heterocycles. The third-order valence-corrected chi connectivity index (χ3v) is 2.46. The molecule has 104 valence electrons. The first-order chi connectivity index (χ1) is 9.44. The zero-order valence-corrected chi connectivity index (χ0v) is 11.8. The topological polar surface area (TPSA) is 52.3 Å². The van der Waals surface area contributed by atoms with Crippen molar-refractivity contribution in [2.75, 3.05) is 0 Å². The number of carbonyl (C=O) groups is 1. The minimum absolute atomic E-state index is 0.313. The maximum absolute atomic E-state index is 11.9. The van der Waals surface area contributed by atoms with Crippen LogP contribution in [0.1, 0.15) is 42.3 Å². The molecule has 0 aliphatic rings. The molecule has 0 atom stereocenters. The summed E-state index contributed by atoms with van der Waals surface area (Å²) in [6.07, 6.45) is 7.00. The highest BCUT2D eigenvalue weighted by molar-refractivity contribution is 5.90. The first-order valence-electron chi connectivity index (χ1n) is 6.35. The molecule has 4 heteroatoms. The fraction of sp³-hybridized carbons (Fsp3) is 0.250. The normalized spacial score (nSPS) is 11.8. The standard InChI is InChI=1S/C16H17NO3/c1-16(2,3)20-15(18)14-8-6-12(7-9-14)4-5-13-10-17-19-11-13/h4-11H,1-3H3/b5-4+. The highest BCUT2D eigenvalue weighted by atomic mass is 16.6. The Morgan fingerprint density at radius 3 is 2.35 bits per heavy atom. The molecular weight excluding hydrogens is 254 g/mol. The molecule has 20 heavy (non-hydrogen) atoms. The van der Waals surface area contributed by atoms with Crippen LogP contribution in [0.4, 0.5) is 0 Å². The van der Waals surface area contributed by atoms with Gasteiger partial charge < -0.3 is 9.26 Å². The fourth-order valence-electron chi connectivity index (χ4n) is 1.56. The zero-order chi connectivity index (χ0) is 14.6. The SMILES string of the molecule is CC(C)(C)OC(=O)c1ccc(/C=C/c2cnoc2)cc1. The molecule has 0 amide bonds. The number of hydrogen-bond acceptors (Lipinski definition) is 4. The summed E-state index contributed by atoms with van der Waals surface area (Å²) in [5.74, 6) is -0.313. The highest BCUT2D eigenvalue weighted by Gasteiger charge is 2.17. The lowest BCUT2D eigenvalue weighted by Crippen LogP contribution is -2.23.